The third kappa shape index (κ3) is 3.10. The van der Waals surface area contributed by atoms with Gasteiger partial charge < -0.3 is 0 Å². The lowest BCUT2D eigenvalue weighted by Crippen LogP contribution is -2.36. The van der Waals surface area contributed by atoms with Gasteiger partial charge in [-0.05, 0) is 47.8 Å². The molecule has 2 rings (SSSR count). The minimum atomic E-state index is -3.91. The van der Waals surface area contributed by atoms with Crippen LogP contribution in [0.15, 0.2) is 21.7 Å². The van der Waals surface area contributed by atoms with Crippen LogP contribution in [-0.2, 0) is 22.1 Å². The number of pyridine rings is 1. The average Bonchev–Trinajstić information content (AvgIpc) is 2.50. The van der Waals surface area contributed by atoms with E-state index < -0.39 is 10.1 Å². The van der Waals surface area contributed by atoms with Crippen LogP contribution in [0.5, 0.6) is 0 Å². The van der Waals surface area contributed by atoms with E-state index in [0.29, 0.717) is 13.0 Å². The van der Waals surface area contributed by atoms with Crippen molar-refractivity contribution in [3.63, 3.8) is 0 Å². The van der Waals surface area contributed by atoms with Crippen molar-refractivity contribution in [3.8, 4) is 0 Å². The Labute approximate surface area is 127 Å². The molecule has 5 nitrogen and oxygen atoms in total. The molecular formula is C13H18BrN2O3S+. The second kappa shape index (κ2) is 5.20. The minimum absolute atomic E-state index is 0.121. The normalized spacial score (nSPS) is 16.9. The highest BCUT2D eigenvalue weighted by Crippen LogP contribution is 2.38. The first kappa shape index (κ1) is 15.6. The number of hydrogen-bond acceptors (Lipinski definition) is 3. The van der Waals surface area contributed by atoms with Crippen molar-refractivity contribution in [2.45, 2.75) is 39.2 Å². The van der Waals surface area contributed by atoms with Gasteiger partial charge >= 0.3 is 5.82 Å². The Bertz CT molecular complexity index is 681. The van der Waals surface area contributed by atoms with Crippen molar-refractivity contribution < 1.29 is 17.5 Å². The van der Waals surface area contributed by atoms with Crippen LogP contribution in [0.2, 0.25) is 0 Å². The highest BCUT2D eigenvalue weighted by Gasteiger charge is 2.41. The van der Waals surface area contributed by atoms with E-state index in [9.17, 15) is 8.42 Å². The Morgan fingerprint density at radius 3 is 2.70 bits per heavy atom. The van der Waals surface area contributed by atoms with E-state index in [1.165, 1.54) is 0 Å². The van der Waals surface area contributed by atoms with Gasteiger partial charge in [0.25, 0.3) is 10.1 Å². The molecule has 0 saturated heterocycles. The van der Waals surface area contributed by atoms with Gasteiger partial charge in [0, 0.05) is 6.42 Å². The lowest BCUT2D eigenvalue weighted by Gasteiger charge is -2.16. The Balaban J connectivity index is 2.32. The molecule has 0 spiro atoms. The zero-order valence-corrected chi connectivity index (χ0v) is 14.1. The number of aromatic nitrogens is 1. The van der Waals surface area contributed by atoms with Crippen LogP contribution in [-0.4, -0.2) is 24.4 Å². The number of nitrogens with zero attached hydrogens (tertiary/aromatic N) is 2. The zero-order chi connectivity index (χ0) is 15.1. The van der Waals surface area contributed by atoms with Crippen LogP contribution in [0.1, 0.15) is 32.8 Å². The maximum Gasteiger partial charge on any atom is 0.327 e. The number of aliphatic imine (C=N–C) groups is 1. The van der Waals surface area contributed by atoms with Crippen LogP contribution >= 0.6 is 15.9 Å². The monoisotopic (exact) mass is 361 g/mol. The molecule has 1 aliphatic rings. The minimum Gasteiger partial charge on any atom is -0.286 e. The largest absolute Gasteiger partial charge is 0.327 e. The zero-order valence-electron chi connectivity index (χ0n) is 11.7. The quantitative estimate of drug-likeness (QED) is 0.661. The Morgan fingerprint density at radius 2 is 2.10 bits per heavy atom. The summed E-state index contributed by atoms with van der Waals surface area (Å²) in [6, 6.07) is 2.05. The molecule has 0 amide bonds. The topological polar surface area (TPSA) is 70.6 Å². The summed E-state index contributed by atoms with van der Waals surface area (Å²) < 4.78 is 33.2. The molecular weight excluding hydrogens is 344 g/mol. The van der Waals surface area contributed by atoms with Gasteiger partial charge in [0.05, 0.1) is 27.7 Å². The first-order valence-corrected chi connectivity index (χ1v) is 8.76. The summed E-state index contributed by atoms with van der Waals surface area (Å²) in [6.07, 6.45) is 2.24. The van der Waals surface area contributed by atoms with E-state index in [2.05, 4.69) is 40.8 Å². The highest BCUT2D eigenvalue weighted by molar-refractivity contribution is 9.10. The van der Waals surface area contributed by atoms with Gasteiger partial charge in [0.1, 0.15) is 11.9 Å². The summed E-state index contributed by atoms with van der Waals surface area (Å²) in [5, 5.41) is 0. The average molecular weight is 362 g/mol. The Kier molecular flexibility index (Phi) is 4.05. The maximum atomic E-state index is 10.8. The smallest absolute Gasteiger partial charge is 0.286 e. The highest BCUT2D eigenvalue weighted by atomic mass is 79.9. The van der Waals surface area contributed by atoms with Crippen molar-refractivity contribution in [3.05, 3.63) is 22.3 Å². The molecule has 0 bridgehead atoms. The lowest BCUT2D eigenvalue weighted by atomic mass is 9.83. The molecule has 20 heavy (non-hydrogen) atoms. The fourth-order valence-corrected chi connectivity index (χ4v) is 3.24. The summed E-state index contributed by atoms with van der Waals surface area (Å²) >= 11 is 3.48. The molecule has 0 saturated carbocycles. The molecule has 7 heteroatoms. The molecule has 110 valence electrons. The molecule has 0 aromatic carbocycles. The first-order chi connectivity index (χ1) is 9.11. The SMILES string of the molecule is CC1=Nc2c(cc(Br)c[n+]2CCCS(=O)(=O)O)C1(C)C. The summed E-state index contributed by atoms with van der Waals surface area (Å²) in [6.45, 7) is 6.73. The van der Waals surface area contributed by atoms with E-state index in [-0.39, 0.29) is 11.2 Å². The molecule has 1 aromatic rings. The van der Waals surface area contributed by atoms with Crippen LogP contribution in [0.25, 0.3) is 0 Å². The standard InChI is InChI=1S/C13H17BrN2O3S/c1-9-13(2,3)11-7-10(14)8-16(12(11)15-9)5-4-6-20(17,18)19/h7-8H,4-6H2,1-3H3/p+1. The van der Waals surface area contributed by atoms with Crippen LogP contribution in [0.4, 0.5) is 5.82 Å². The molecule has 0 atom stereocenters. The van der Waals surface area contributed by atoms with Crippen LogP contribution in [0.3, 0.4) is 0 Å². The number of aryl methyl sites for hydroxylation is 1. The lowest BCUT2D eigenvalue weighted by molar-refractivity contribution is -0.684. The van der Waals surface area contributed by atoms with Gasteiger partial charge in [-0.3, -0.25) is 4.55 Å². The van der Waals surface area contributed by atoms with E-state index in [4.69, 9.17) is 4.55 Å². The van der Waals surface area contributed by atoms with Crippen LogP contribution in [0, 0.1) is 0 Å². The predicted octanol–water partition coefficient (Wildman–Crippen LogP) is 2.40. The molecule has 0 radical (unpaired) electrons. The first-order valence-electron chi connectivity index (χ1n) is 6.35. The van der Waals surface area contributed by atoms with E-state index in [0.717, 1.165) is 21.6 Å². The van der Waals surface area contributed by atoms with Crippen molar-refractivity contribution in [2.75, 3.05) is 5.75 Å². The van der Waals surface area contributed by atoms with Gasteiger partial charge in [-0.1, -0.05) is 0 Å². The number of halogens is 1. The summed E-state index contributed by atoms with van der Waals surface area (Å²) in [7, 11) is -3.91. The van der Waals surface area contributed by atoms with E-state index in [1.54, 1.807) is 0 Å². The summed E-state index contributed by atoms with van der Waals surface area (Å²) in [4.78, 5) is 4.61. The molecule has 1 N–H and O–H groups in total. The third-order valence-electron chi connectivity index (χ3n) is 3.73. The van der Waals surface area contributed by atoms with Gasteiger partial charge in [0.2, 0.25) is 0 Å². The van der Waals surface area contributed by atoms with Crippen LogP contribution < -0.4 is 4.57 Å². The molecule has 2 heterocycles. The number of hydrogen-bond donors (Lipinski definition) is 1. The van der Waals surface area contributed by atoms with E-state index in [1.807, 2.05) is 17.7 Å². The van der Waals surface area contributed by atoms with E-state index >= 15 is 0 Å². The van der Waals surface area contributed by atoms with Gasteiger partial charge in [0.15, 0.2) is 0 Å². The summed E-state index contributed by atoms with van der Waals surface area (Å²) in [5.41, 5.74) is 2.04. The molecule has 1 aliphatic heterocycles. The number of fused-ring (bicyclic) bond motifs is 1. The fraction of sp³-hybridized carbons (Fsp3) is 0.538. The van der Waals surface area contributed by atoms with Crippen molar-refractivity contribution in [1.29, 1.82) is 0 Å². The fourth-order valence-electron chi connectivity index (χ4n) is 2.27. The molecule has 1 aromatic heterocycles. The van der Waals surface area contributed by atoms with Crippen molar-refractivity contribution >= 4 is 37.6 Å². The van der Waals surface area contributed by atoms with Gasteiger partial charge in [-0.15, -0.1) is 0 Å². The molecule has 0 aliphatic carbocycles. The Hall–Kier alpha value is -0.790. The number of rotatable bonds is 4. The van der Waals surface area contributed by atoms with Crippen molar-refractivity contribution in [1.82, 2.24) is 0 Å². The predicted molar refractivity (Wildman–Crippen MR) is 81.2 cm³/mol. The molecule has 0 unspecified atom stereocenters. The maximum absolute atomic E-state index is 10.8. The Morgan fingerprint density at radius 1 is 1.45 bits per heavy atom. The third-order valence-corrected chi connectivity index (χ3v) is 4.97. The van der Waals surface area contributed by atoms with Gasteiger partial charge in [-0.2, -0.15) is 8.42 Å². The molecule has 0 fully saturated rings. The summed E-state index contributed by atoms with van der Waals surface area (Å²) in [5.74, 6) is 0.624. The van der Waals surface area contributed by atoms with Crippen molar-refractivity contribution in [2.24, 2.45) is 4.99 Å². The second-order valence-electron chi connectivity index (χ2n) is 5.55. The second-order valence-corrected chi connectivity index (χ2v) is 8.04. The van der Waals surface area contributed by atoms with Gasteiger partial charge in [-0.25, -0.2) is 4.57 Å².